The molecule has 0 bridgehead atoms. The second kappa shape index (κ2) is 5.73. The molecule has 1 aromatic heterocycles. The highest BCUT2D eigenvalue weighted by atomic mass is 35.5. The Morgan fingerprint density at radius 1 is 1.61 bits per heavy atom. The Kier molecular flexibility index (Phi) is 4.27. The summed E-state index contributed by atoms with van der Waals surface area (Å²) in [6.07, 6.45) is 1.80. The number of aromatic nitrogens is 1. The molecule has 2 rings (SSSR count). The number of rotatable bonds is 3. The maximum atomic E-state index is 5.88. The molecule has 1 unspecified atom stereocenters. The van der Waals surface area contributed by atoms with Crippen LogP contribution in [0.3, 0.4) is 0 Å². The molecule has 100 valence electrons. The number of likely N-dealkylation sites (N-methyl/N-ethyl adjacent to an activating group) is 1. The second-order valence-corrected chi connectivity index (χ2v) is 5.17. The molecular weight excluding hydrogens is 252 g/mol. The number of ether oxygens (including phenoxy) is 1. The highest BCUT2D eigenvalue weighted by molar-refractivity contribution is 6.32. The number of anilines is 2. The summed E-state index contributed by atoms with van der Waals surface area (Å²) in [6, 6.07) is 1.82. The van der Waals surface area contributed by atoms with Crippen molar-refractivity contribution in [1.82, 2.24) is 9.88 Å². The zero-order valence-electron chi connectivity index (χ0n) is 10.8. The van der Waals surface area contributed by atoms with Crippen molar-refractivity contribution in [3.8, 4) is 0 Å². The number of halogens is 1. The molecule has 0 amide bonds. The second-order valence-electron chi connectivity index (χ2n) is 4.77. The van der Waals surface area contributed by atoms with E-state index in [-0.39, 0.29) is 6.10 Å². The number of nitrogen functional groups attached to an aromatic ring is 1. The Labute approximate surface area is 112 Å². The van der Waals surface area contributed by atoms with Crippen molar-refractivity contribution in [2.24, 2.45) is 0 Å². The Bertz CT molecular complexity index is 413. The van der Waals surface area contributed by atoms with Crippen molar-refractivity contribution in [1.29, 1.82) is 0 Å². The third-order valence-corrected chi connectivity index (χ3v) is 3.22. The predicted molar refractivity (Wildman–Crippen MR) is 74.2 cm³/mol. The molecule has 1 atom stereocenters. The largest absolute Gasteiger partial charge is 0.397 e. The minimum absolute atomic E-state index is 0.201. The molecule has 1 aliphatic rings. The zero-order valence-corrected chi connectivity index (χ0v) is 11.5. The summed E-state index contributed by atoms with van der Waals surface area (Å²) in [7, 11) is 4.08. The van der Waals surface area contributed by atoms with E-state index >= 15 is 0 Å². The van der Waals surface area contributed by atoms with Gasteiger partial charge < -0.3 is 20.3 Å². The highest BCUT2D eigenvalue weighted by Gasteiger charge is 2.22. The van der Waals surface area contributed by atoms with E-state index in [0.29, 0.717) is 17.3 Å². The predicted octanol–water partition coefficient (Wildman–Crippen LogP) is 1.08. The summed E-state index contributed by atoms with van der Waals surface area (Å²) in [6.45, 7) is 3.27. The summed E-state index contributed by atoms with van der Waals surface area (Å²) in [4.78, 5) is 8.63. The Morgan fingerprint density at radius 2 is 2.39 bits per heavy atom. The number of nitrogens with zero attached hydrogens (tertiary/aromatic N) is 3. The molecule has 5 nitrogen and oxygen atoms in total. The Balaban J connectivity index is 2.05. The first kappa shape index (κ1) is 13.4. The summed E-state index contributed by atoms with van der Waals surface area (Å²) in [5, 5.41) is 0.497. The minimum atomic E-state index is 0.201. The summed E-state index contributed by atoms with van der Waals surface area (Å²) in [5.74, 6) is 0.865. The van der Waals surface area contributed by atoms with Crippen LogP contribution in [0.5, 0.6) is 0 Å². The molecule has 0 aliphatic carbocycles. The van der Waals surface area contributed by atoms with E-state index in [1.165, 1.54) is 0 Å². The van der Waals surface area contributed by atoms with Gasteiger partial charge in [0.2, 0.25) is 0 Å². The zero-order chi connectivity index (χ0) is 13.1. The van der Waals surface area contributed by atoms with E-state index in [9.17, 15) is 0 Å². The van der Waals surface area contributed by atoms with Crippen molar-refractivity contribution < 1.29 is 4.74 Å². The van der Waals surface area contributed by atoms with Crippen LogP contribution < -0.4 is 10.6 Å². The first-order valence-electron chi connectivity index (χ1n) is 5.98. The van der Waals surface area contributed by atoms with Crippen LogP contribution >= 0.6 is 11.6 Å². The van der Waals surface area contributed by atoms with E-state index in [1.54, 1.807) is 6.20 Å². The normalized spacial score (nSPS) is 20.4. The van der Waals surface area contributed by atoms with Crippen molar-refractivity contribution in [2.45, 2.75) is 6.10 Å². The molecule has 2 heterocycles. The molecule has 1 aliphatic heterocycles. The van der Waals surface area contributed by atoms with E-state index < -0.39 is 0 Å². The van der Waals surface area contributed by atoms with E-state index in [0.717, 1.165) is 25.5 Å². The SMILES string of the molecule is CN(C)CC1CN(c2cc(N)c(Cl)cn2)CCO1. The smallest absolute Gasteiger partial charge is 0.130 e. The number of hydrogen-bond donors (Lipinski definition) is 1. The third kappa shape index (κ3) is 3.25. The standard InChI is InChI=1S/C12H19ClN4O/c1-16(2)7-9-8-17(3-4-18-9)12-5-11(14)10(13)6-15-12/h5-6,9H,3-4,7-8H2,1-2H3,(H2,14,15). The molecule has 0 saturated carbocycles. The van der Waals surface area contributed by atoms with Gasteiger partial charge >= 0.3 is 0 Å². The lowest BCUT2D eigenvalue weighted by Crippen LogP contribution is -2.46. The average molecular weight is 271 g/mol. The van der Waals surface area contributed by atoms with Gasteiger partial charge in [-0.25, -0.2) is 4.98 Å². The number of nitrogens with two attached hydrogens (primary N) is 1. The summed E-state index contributed by atoms with van der Waals surface area (Å²) in [5.41, 5.74) is 6.37. The molecule has 1 aromatic rings. The number of morpholine rings is 1. The van der Waals surface area contributed by atoms with Crippen LogP contribution in [-0.4, -0.2) is 56.3 Å². The molecule has 0 radical (unpaired) electrons. The lowest BCUT2D eigenvalue weighted by Gasteiger charge is -2.35. The van der Waals surface area contributed by atoms with E-state index in [2.05, 4.69) is 14.8 Å². The van der Waals surface area contributed by atoms with Gasteiger partial charge in [-0.05, 0) is 14.1 Å². The highest BCUT2D eigenvalue weighted by Crippen LogP contribution is 2.23. The molecule has 0 spiro atoms. The fourth-order valence-electron chi connectivity index (χ4n) is 2.06. The van der Waals surface area contributed by atoms with Gasteiger partial charge in [0.1, 0.15) is 5.82 Å². The van der Waals surface area contributed by atoms with Crippen molar-refractivity contribution in [3.63, 3.8) is 0 Å². The fraction of sp³-hybridized carbons (Fsp3) is 0.583. The number of pyridine rings is 1. The minimum Gasteiger partial charge on any atom is -0.397 e. The van der Waals surface area contributed by atoms with Gasteiger partial charge in [0.25, 0.3) is 0 Å². The van der Waals surface area contributed by atoms with Crippen LogP contribution in [0.25, 0.3) is 0 Å². The molecule has 2 N–H and O–H groups in total. The van der Waals surface area contributed by atoms with Crippen LogP contribution in [0.15, 0.2) is 12.3 Å². The maximum Gasteiger partial charge on any atom is 0.130 e. The topological polar surface area (TPSA) is 54.6 Å². The van der Waals surface area contributed by atoms with Gasteiger partial charge in [-0.15, -0.1) is 0 Å². The van der Waals surface area contributed by atoms with Gasteiger partial charge in [-0.2, -0.15) is 0 Å². The molecule has 1 saturated heterocycles. The van der Waals surface area contributed by atoms with Gasteiger partial charge in [0.15, 0.2) is 0 Å². The fourth-order valence-corrected chi connectivity index (χ4v) is 2.16. The first-order chi connectivity index (χ1) is 8.56. The molecule has 18 heavy (non-hydrogen) atoms. The quantitative estimate of drug-likeness (QED) is 0.891. The molecule has 1 fully saturated rings. The Hall–Kier alpha value is -1.04. The lowest BCUT2D eigenvalue weighted by atomic mass is 10.2. The van der Waals surface area contributed by atoms with Crippen molar-refractivity contribution in [2.75, 3.05) is 51.0 Å². The van der Waals surface area contributed by atoms with E-state index in [1.807, 2.05) is 20.2 Å². The monoisotopic (exact) mass is 270 g/mol. The lowest BCUT2D eigenvalue weighted by molar-refractivity contribution is 0.0245. The van der Waals surface area contributed by atoms with Gasteiger partial charge in [-0.1, -0.05) is 11.6 Å². The molecule has 0 aromatic carbocycles. The van der Waals surface area contributed by atoms with Crippen LogP contribution in [-0.2, 0) is 4.74 Å². The maximum absolute atomic E-state index is 5.88. The van der Waals surface area contributed by atoms with Gasteiger partial charge in [0, 0.05) is 31.9 Å². The average Bonchev–Trinajstić information content (AvgIpc) is 2.32. The van der Waals surface area contributed by atoms with Crippen molar-refractivity contribution in [3.05, 3.63) is 17.3 Å². The third-order valence-electron chi connectivity index (χ3n) is 2.90. The molecule has 6 heteroatoms. The van der Waals surface area contributed by atoms with Gasteiger partial charge in [-0.3, -0.25) is 0 Å². The summed E-state index contributed by atoms with van der Waals surface area (Å²) < 4.78 is 5.73. The van der Waals surface area contributed by atoms with E-state index in [4.69, 9.17) is 22.1 Å². The Morgan fingerprint density at radius 3 is 3.06 bits per heavy atom. The molecular formula is C12H19ClN4O. The van der Waals surface area contributed by atoms with Crippen molar-refractivity contribution >= 4 is 23.1 Å². The number of hydrogen-bond acceptors (Lipinski definition) is 5. The first-order valence-corrected chi connectivity index (χ1v) is 6.36. The van der Waals surface area contributed by atoms with Crippen LogP contribution in [0.1, 0.15) is 0 Å². The van der Waals surface area contributed by atoms with Gasteiger partial charge in [0.05, 0.1) is 23.4 Å². The summed E-state index contributed by atoms with van der Waals surface area (Å²) >= 11 is 5.88. The van der Waals surface area contributed by atoms with Crippen LogP contribution in [0, 0.1) is 0 Å². The van der Waals surface area contributed by atoms with Crippen LogP contribution in [0.4, 0.5) is 11.5 Å². The van der Waals surface area contributed by atoms with Crippen LogP contribution in [0.2, 0.25) is 5.02 Å².